The fourth-order valence-electron chi connectivity index (χ4n) is 3.94. The van der Waals surface area contributed by atoms with E-state index in [0.717, 1.165) is 25.7 Å². The van der Waals surface area contributed by atoms with Crippen LogP contribution in [0.2, 0.25) is 5.02 Å². The molecule has 0 saturated carbocycles. The highest BCUT2D eigenvalue weighted by atomic mass is 35.5. The molecule has 25 heavy (non-hydrogen) atoms. The minimum atomic E-state index is -0.405. The molecule has 0 bridgehead atoms. The van der Waals surface area contributed by atoms with Crippen molar-refractivity contribution in [1.29, 1.82) is 0 Å². The van der Waals surface area contributed by atoms with Gasteiger partial charge in [-0.05, 0) is 91.5 Å². The number of nitrogens with one attached hydrogen (secondary N) is 1. The average molecular weight is 356 g/mol. The minimum absolute atomic E-state index is 0.150. The van der Waals surface area contributed by atoms with Crippen LogP contribution in [0, 0.1) is 0 Å². The second-order valence-corrected chi connectivity index (χ2v) is 7.38. The normalized spacial score (nSPS) is 18.8. The van der Waals surface area contributed by atoms with Gasteiger partial charge in [0.15, 0.2) is 0 Å². The van der Waals surface area contributed by atoms with E-state index in [9.17, 15) is 4.79 Å². The van der Waals surface area contributed by atoms with Crippen molar-refractivity contribution < 1.29 is 9.53 Å². The Balaban J connectivity index is 1.50. The van der Waals surface area contributed by atoms with Gasteiger partial charge in [-0.1, -0.05) is 23.7 Å². The molecule has 0 heterocycles. The quantitative estimate of drug-likeness (QED) is 0.734. The number of fused-ring (bicyclic) bond motifs is 2. The fourth-order valence-corrected chi connectivity index (χ4v) is 4.06. The van der Waals surface area contributed by atoms with Crippen LogP contribution in [-0.4, -0.2) is 6.09 Å². The van der Waals surface area contributed by atoms with Gasteiger partial charge in [0.05, 0.1) is 0 Å². The number of aryl methyl sites for hydroxylation is 3. The number of carbonyl (C=O) groups excluding carboxylic acids is 1. The van der Waals surface area contributed by atoms with Gasteiger partial charge in [-0.3, -0.25) is 5.32 Å². The molecule has 0 aliphatic heterocycles. The first-order valence-electron chi connectivity index (χ1n) is 9.07. The van der Waals surface area contributed by atoms with Crippen molar-refractivity contribution >= 4 is 23.4 Å². The van der Waals surface area contributed by atoms with Crippen molar-refractivity contribution in [2.75, 3.05) is 5.32 Å². The van der Waals surface area contributed by atoms with Gasteiger partial charge >= 0.3 is 6.09 Å². The summed E-state index contributed by atoms with van der Waals surface area (Å²) in [6.45, 7) is 0. The van der Waals surface area contributed by atoms with E-state index in [0.29, 0.717) is 10.7 Å². The van der Waals surface area contributed by atoms with Crippen LogP contribution in [0.1, 0.15) is 54.0 Å². The lowest BCUT2D eigenvalue weighted by Crippen LogP contribution is -2.21. The Hall–Kier alpha value is -2.00. The van der Waals surface area contributed by atoms with Gasteiger partial charge in [-0.2, -0.15) is 0 Å². The van der Waals surface area contributed by atoms with Crippen LogP contribution in [0.25, 0.3) is 0 Å². The number of benzene rings is 2. The lowest BCUT2D eigenvalue weighted by atomic mass is 9.82. The van der Waals surface area contributed by atoms with Crippen LogP contribution in [0.15, 0.2) is 36.4 Å². The molecule has 0 radical (unpaired) electrons. The molecule has 2 aliphatic carbocycles. The lowest BCUT2D eigenvalue weighted by Gasteiger charge is -2.28. The van der Waals surface area contributed by atoms with Crippen LogP contribution < -0.4 is 5.32 Å². The molecular weight excluding hydrogens is 334 g/mol. The Kier molecular flexibility index (Phi) is 4.67. The number of amides is 1. The molecule has 130 valence electrons. The summed E-state index contributed by atoms with van der Waals surface area (Å²) in [5.41, 5.74) is 6.19. The topological polar surface area (TPSA) is 38.3 Å². The Morgan fingerprint density at radius 3 is 2.40 bits per heavy atom. The lowest BCUT2D eigenvalue weighted by molar-refractivity contribution is 0.0998. The Morgan fingerprint density at radius 2 is 1.64 bits per heavy atom. The van der Waals surface area contributed by atoms with E-state index >= 15 is 0 Å². The zero-order valence-electron chi connectivity index (χ0n) is 14.2. The van der Waals surface area contributed by atoms with E-state index in [4.69, 9.17) is 16.3 Å². The van der Waals surface area contributed by atoms with Crippen LogP contribution in [0.5, 0.6) is 0 Å². The van der Waals surface area contributed by atoms with E-state index in [1.807, 2.05) is 0 Å². The number of anilines is 1. The molecule has 0 fully saturated rings. The van der Waals surface area contributed by atoms with Gasteiger partial charge in [-0.25, -0.2) is 4.79 Å². The van der Waals surface area contributed by atoms with Crippen LogP contribution in [0.4, 0.5) is 10.5 Å². The smallest absolute Gasteiger partial charge is 0.412 e. The highest BCUT2D eigenvalue weighted by Gasteiger charge is 2.26. The first-order valence-corrected chi connectivity index (χ1v) is 9.44. The summed E-state index contributed by atoms with van der Waals surface area (Å²) in [5.74, 6) is 0. The Morgan fingerprint density at radius 1 is 0.960 bits per heavy atom. The Bertz CT molecular complexity index is 785. The third kappa shape index (κ3) is 3.67. The first-order chi connectivity index (χ1) is 12.2. The van der Waals surface area contributed by atoms with Gasteiger partial charge in [0.2, 0.25) is 0 Å². The molecule has 0 spiro atoms. The zero-order chi connectivity index (χ0) is 17.2. The van der Waals surface area contributed by atoms with Crippen molar-refractivity contribution in [3.8, 4) is 0 Å². The molecule has 2 aromatic rings. The largest absolute Gasteiger partial charge is 0.441 e. The summed E-state index contributed by atoms with van der Waals surface area (Å²) in [6, 6.07) is 11.7. The maximum Gasteiger partial charge on any atom is 0.412 e. The number of hydrogen-bond acceptors (Lipinski definition) is 2. The Labute approximate surface area is 153 Å². The molecule has 2 aromatic carbocycles. The maximum absolute atomic E-state index is 12.3. The number of rotatable bonds is 2. The molecule has 0 aromatic heterocycles. The third-order valence-corrected chi connectivity index (χ3v) is 5.45. The van der Waals surface area contributed by atoms with Gasteiger partial charge in [0.1, 0.15) is 6.10 Å². The zero-order valence-corrected chi connectivity index (χ0v) is 14.9. The van der Waals surface area contributed by atoms with Crippen LogP contribution >= 0.6 is 11.6 Å². The van der Waals surface area contributed by atoms with Crippen LogP contribution in [-0.2, 0) is 24.0 Å². The summed E-state index contributed by atoms with van der Waals surface area (Å²) < 4.78 is 5.76. The average Bonchev–Trinajstić information content (AvgIpc) is 2.62. The molecule has 1 atom stereocenters. The summed E-state index contributed by atoms with van der Waals surface area (Å²) >= 11 is 5.87. The summed E-state index contributed by atoms with van der Waals surface area (Å²) in [5, 5.41) is 3.43. The summed E-state index contributed by atoms with van der Waals surface area (Å²) in [4.78, 5) is 12.3. The third-order valence-electron chi connectivity index (χ3n) is 5.20. The van der Waals surface area contributed by atoms with Crippen molar-refractivity contribution in [1.82, 2.24) is 0 Å². The van der Waals surface area contributed by atoms with Crippen molar-refractivity contribution in [2.24, 2.45) is 0 Å². The summed E-state index contributed by atoms with van der Waals surface area (Å²) in [7, 11) is 0. The van der Waals surface area contributed by atoms with E-state index in [1.165, 1.54) is 41.5 Å². The fraction of sp³-hybridized carbons (Fsp3) is 0.381. The van der Waals surface area contributed by atoms with Gasteiger partial charge in [0.25, 0.3) is 0 Å². The van der Waals surface area contributed by atoms with Gasteiger partial charge in [-0.15, -0.1) is 0 Å². The van der Waals surface area contributed by atoms with E-state index in [2.05, 4.69) is 17.4 Å². The van der Waals surface area contributed by atoms with E-state index in [-0.39, 0.29) is 6.10 Å². The van der Waals surface area contributed by atoms with Gasteiger partial charge < -0.3 is 4.74 Å². The second kappa shape index (κ2) is 7.09. The predicted octanol–water partition coefficient (Wildman–Crippen LogP) is 5.84. The van der Waals surface area contributed by atoms with Crippen molar-refractivity contribution in [2.45, 2.75) is 51.0 Å². The molecular formula is C21H22ClNO2. The molecule has 1 N–H and O–H groups in total. The monoisotopic (exact) mass is 355 g/mol. The second-order valence-electron chi connectivity index (χ2n) is 6.94. The number of carbonyl (C=O) groups is 1. The first kappa shape index (κ1) is 16.5. The highest BCUT2D eigenvalue weighted by molar-refractivity contribution is 6.30. The highest BCUT2D eigenvalue weighted by Crippen LogP contribution is 2.36. The molecule has 1 amide bonds. The molecule has 0 saturated heterocycles. The minimum Gasteiger partial charge on any atom is -0.441 e. The molecule has 4 heteroatoms. The molecule has 3 nitrogen and oxygen atoms in total. The van der Waals surface area contributed by atoms with Crippen LogP contribution in [0.3, 0.4) is 0 Å². The van der Waals surface area contributed by atoms with E-state index in [1.54, 1.807) is 24.3 Å². The number of hydrogen-bond donors (Lipinski definition) is 1. The SMILES string of the molecule is O=C(Nc1ccc(Cl)cc1)OC1CCCc2cc3c(cc21)CCCC3. The molecule has 1 unspecified atom stereocenters. The maximum atomic E-state index is 12.3. The molecule has 2 aliphatic rings. The van der Waals surface area contributed by atoms with Gasteiger partial charge in [0, 0.05) is 10.7 Å². The summed E-state index contributed by atoms with van der Waals surface area (Å²) in [6.07, 6.45) is 7.36. The number of halogens is 1. The molecule has 4 rings (SSSR count). The standard InChI is InChI=1S/C21H22ClNO2/c22-17-8-10-18(11-9-17)23-21(24)25-20-7-3-6-16-12-14-4-1-2-5-15(14)13-19(16)20/h8-13,20H,1-7H2,(H,23,24). The van der Waals surface area contributed by atoms with Crippen molar-refractivity contribution in [3.05, 3.63) is 63.7 Å². The predicted molar refractivity (Wildman–Crippen MR) is 100 cm³/mol. The van der Waals surface area contributed by atoms with E-state index < -0.39 is 6.09 Å². The van der Waals surface area contributed by atoms with Crippen molar-refractivity contribution in [3.63, 3.8) is 0 Å². The number of ether oxygens (including phenoxy) is 1.